The number of carbonyl (C=O) groups is 1. The first-order valence-corrected chi connectivity index (χ1v) is 8.58. The number of sulfonamides is 1. The Kier molecular flexibility index (Phi) is 7.26. The van der Waals surface area contributed by atoms with Crippen molar-refractivity contribution in [3.8, 4) is 0 Å². The molecule has 0 radical (unpaired) electrons. The van der Waals surface area contributed by atoms with Gasteiger partial charge < -0.3 is 14.6 Å². The van der Waals surface area contributed by atoms with Crippen LogP contribution in [0, 0.1) is 6.92 Å². The highest BCUT2D eigenvalue weighted by molar-refractivity contribution is 7.91. The number of thiophene rings is 1. The van der Waals surface area contributed by atoms with Crippen molar-refractivity contribution in [1.82, 2.24) is 4.72 Å². The predicted octanol–water partition coefficient (Wildman–Crippen LogP) is 1.09. The molecule has 0 saturated heterocycles. The number of nitrogens with one attached hydrogen (secondary N) is 1. The Hall–Kier alpha value is -1.00. The van der Waals surface area contributed by atoms with Gasteiger partial charge in [-0.15, -0.1) is 11.3 Å². The van der Waals surface area contributed by atoms with E-state index in [1.54, 1.807) is 14.0 Å². The van der Waals surface area contributed by atoms with E-state index in [1.807, 2.05) is 0 Å². The van der Waals surface area contributed by atoms with Crippen molar-refractivity contribution in [2.24, 2.45) is 0 Å². The first-order chi connectivity index (χ1) is 9.88. The van der Waals surface area contributed by atoms with Crippen molar-refractivity contribution in [1.29, 1.82) is 0 Å². The minimum Gasteiger partial charge on any atom is -0.477 e. The van der Waals surface area contributed by atoms with E-state index >= 15 is 0 Å². The number of carboxylic acids is 1. The van der Waals surface area contributed by atoms with Gasteiger partial charge >= 0.3 is 5.97 Å². The fourth-order valence-electron chi connectivity index (χ4n) is 1.49. The highest BCUT2D eigenvalue weighted by Gasteiger charge is 2.21. The number of aromatic carboxylic acids is 1. The lowest BCUT2D eigenvalue weighted by Crippen LogP contribution is -2.25. The lowest BCUT2D eigenvalue weighted by Gasteiger charge is -2.05. The van der Waals surface area contributed by atoms with Crippen LogP contribution in [0.1, 0.15) is 21.7 Å². The molecule has 1 heterocycles. The molecule has 0 aliphatic rings. The molecule has 1 rings (SSSR count). The van der Waals surface area contributed by atoms with E-state index < -0.39 is 16.0 Å². The van der Waals surface area contributed by atoms with Crippen LogP contribution in [0.25, 0.3) is 0 Å². The van der Waals surface area contributed by atoms with E-state index in [4.69, 9.17) is 14.6 Å². The van der Waals surface area contributed by atoms with Gasteiger partial charge in [-0.05, 0) is 25.0 Å². The molecule has 0 saturated carbocycles. The summed E-state index contributed by atoms with van der Waals surface area (Å²) in [5, 5.41) is 8.93. The summed E-state index contributed by atoms with van der Waals surface area (Å²) in [7, 11) is -2.09. The number of carboxylic acid groups (broad SMARTS) is 1. The molecule has 0 fully saturated rings. The van der Waals surface area contributed by atoms with Gasteiger partial charge in [-0.1, -0.05) is 0 Å². The second-order valence-corrected chi connectivity index (χ2v) is 7.29. The molecule has 0 spiro atoms. The predicted molar refractivity (Wildman–Crippen MR) is 78.5 cm³/mol. The Morgan fingerprint density at radius 2 is 2.10 bits per heavy atom. The first kappa shape index (κ1) is 18.1. The highest BCUT2D eigenvalue weighted by atomic mass is 32.2. The van der Waals surface area contributed by atoms with Crippen molar-refractivity contribution in [2.45, 2.75) is 17.6 Å². The van der Waals surface area contributed by atoms with Crippen LogP contribution in [0.3, 0.4) is 0 Å². The zero-order valence-corrected chi connectivity index (χ0v) is 13.6. The Bertz CT molecular complexity index is 566. The van der Waals surface area contributed by atoms with Crippen LogP contribution in [0.15, 0.2) is 10.3 Å². The first-order valence-electron chi connectivity index (χ1n) is 6.28. The third-order valence-electron chi connectivity index (χ3n) is 2.54. The van der Waals surface area contributed by atoms with Gasteiger partial charge in [0.15, 0.2) is 0 Å². The fourth-order valence-corrected chi connectivity index (χ4v) is 3.99. The van der Waals surface area contributed by atoms with Crippen LogP contribution >= 0.6 is 11.3 Å². The number of methoxy groups -OCH3 is 1. The van der Waals surface area contributed by atoms with Crippen molar-refractivity contribution in [3.05, 3.63) is 16.5 Å². The second kappa shape index (κ2) is 8.44. The molecular weight excluding hydrogens is 318 g/mol. The lowest BCUT2D eigenvalue weighted by molar-refractivity contribution is 0.0699. The molecule has 0 aromatic carbocycles. The fraction of sp³-hybridized carbons (Fsp3) is 0.583. The van der Waals surface area contributed by atoms with Crippen molar-refractivity contribution >= 4 is 27.3 Å². The summed E-state index contributed by atoms with van der Waals surface area (Å²) in [6.07, 6.45) is 0.527. The summed E-state index contributed by atoms with van der Waals surface area (Å²) >= 11 is 0.752. The lowest BCUT2D eigenvalue weighted by atomic mass is 10.3. The van der Waals surface area contributed by atoms with Crippen LogP contribution in [0.5, 0.6) is 0 Å². The van der Waals surface area contributed by atoms with E-state index in [-0.39, 0.29) is 15.6 Å². The van der Waals surface area contributed by atoms with Gasteiger partial charge in [-0.2, -0.15) is 0 Å². The monoisotopic (exact) mass is 337 g/mol. The molecule has 0 unspecified atom stereocenters. The van der Waals surface area contributed by atoms with E-state index in [0.717, 1.165) is 11.3 Å². The maximum absolute atomic E-state index is 12.0. The topological polar surface area (TPSA) is 102 Å². The minimum atomic E-state index is -3.67. The van der Waals surface area contributed by atoms with Crippen LogP contribution in [0.4, 0.5) is 0 Å². The quantitative estimate of drug-likeness (QED) is 0.620. The second-order valence-electron chi connectivity index (χ2n) is 4.24. The number of aryl methyl sites for hydroxylation is 1. The third kappa shape index (κ3) is 5.71. The summed E-state index contributed by atoms with van der Waals surface area (Å²) in [5.74, 6) is -1.12. The maximum Gasteiger partial charge on any atom is 0.346 e. The molecule has 9 heteroatoms. The number of hydrogen-bond donors (Lipinski definition) is 2. The molecule has 0 aliphatic heterocycles. The highest BCUT2D eigenvalue weighted by Crippen LogP contribution is 2.25. The van der Waals surface area contributed by atoms with Crippen molar-refractivity contribution in [2.75, 3.05) is 33.5 Å². The molecule has 120 valence electrons. The zero-order valence-electron chi connectivity index (χ0n) is 11.9. The number of hydrogen-bond acceptors (Lipinski definition) is 6. The molecule has 1 aromatic heterocycles. The zero-order chi connectivity index (χ0) is 15.9. The van der Waals surface area contributed by atoms with Gasteiger partial charge in [-0.25, -0.2) is 17.9 Å². The van der Waals surface area contributed by atoms with E-state index in [9.17, 15) is 13.2 Å². The minimum absolute atomic E-state index is 0.0118. The van der Waals surface area contributed by atoms with Gasteiger partial charge in [0, 0.05) is 20.3 Å². The smallest absolute Gasteiger partial charge is 0.346 e. The number of ether oxygens (including phenoxy) is 2. The van der Waals surface area contributed by atoms with Gasteiger partial charge in [0.1, 0.15) is 9.09 Å². The van der Waals surface area contributed by atoms with E-state index in [1.165, 1.54) is 6.07 Å². The SMILES string of the molecule is COCCOCCCNS(=O)(=O)c1cc(C)c(C(=O)O)s1. The summed E-state index contributed by atoms with van der Waals surface area (Å²) in [4.78, 5) is 11.0. The molecule has 0 bridgehead atoms. The maximum atomic E-state index is 12.0. The van der Waals surface area contributed by atoms with E-state index in [0.29, 0.717) is 31.8 Å². The molecular formula is C12H19NO6S2. The van der Waals surface area contributed by atoms with Gasteiger partial charge in [0.25, 0.3) is 0 Å². The van der Waals surface area contributed by atoms with Crippen molar-refractivity contribution < 1.29 is 27.8 Å². The largest absolute Gasteiger partial charge is 0.477 e. The molecule has 0 amide bonds. The summed E-state index contributed by atoms with van der Waals surface area (Å²) in [5.41, 5.74) is 0.441. The van der Waals surface area contributed by atoms with Crippen LogP contribution in [-0.2, 0) is 19.5 Å². The Morgan fingerprint density at radius 3 is 2.67 bits per heavy atom. The van der Waals surface area contributed by atoms with Crippen LogP contribution < -0.4 is 4.72 Å². The molecule has 1 aromatic rings. The molecule has 2 N–H and O–H groups in total. The third-order valence-corrected chi connectivity index (χ3v) is 5.70. The summed E-state index contributed by atoms with van der Waals surface area (Å²) < 4.78 is 36.5. The van der Waals surface area contributed by atoms with Gasteiger partial charge in [-0.3, -0.25) is 0 Å². The molecule has 0 atom stereocenters. The molecule has 7 nitrogen and oxygen atoms in total. The van der Waals surface area contributed by atoms with Gasteiger partial charge in [0.05, 0.1) is 13.2 Å². The van der Waals surface area contributed by atoms with Crippen LogP contribution in [0.2, 0.25) is 0 Å². The average Bonchev–Trinajstić information content (AvgIpc) is 2.81. The number of rotatable bonds is 10. The van der Waals surface area contributed by atoms with Crippen LogP contribution in [-0.4, -0.2) is 53.0 Å². The summed E-state index contributed by atoms with van der Waals surface area (Å²) in [6.45, 7) is 3.19. The normalized spacial score (nSPS) is 11.7. The average molecular weight is 337 g/mol. The van der Waals surface area contributed by atoms with Crippen molar-refractivity contribution in [3.63, 3.8) is 0 Å². The Balaban J connectivity index is 2.47. The standard InChI is InChI=1S/C12H19NO6S2/c1-9-8-10(20-11(9)12(14)15)21(16,17)13-4-3-5-19-7-6-18-2/h8,13H,3-7H2,1-2H3,(H,14,15). The molecule has 0 aliphatic carbocycles. The van der Waals surface area contributed by atoms with E-state index in [2.05, 4.69) is 4.72 Å². The molecule has 21 heavy (non-hydrogen) atoms. The Labute approximate surface area is 127 Å². The van der Waals surface area contributed by atoms with Gasteiger partial charge in [0.2, 0.25) is 10.0 Å². The Morgan fingerprint density at radius 1 is 1.38 bits per heavy atom. The summed E-state index contributed by atoms with van der Waals surface area (Å²) in [6, 6.07) is 1.37.